The lowest BCUT2D eigenvalue weighted by Gasteiger charge is -2.32. The van der Waals surface area contributed by atoms with Crippen LogP contribution in [0.5, 0.6) is 17.2 Å². The maximum absolute atomic E-state index is 13.2. The zero-order valence-corrected chi connectivity index (χ0v) is 23.8. The van der Waals surface area contributed by atoms with Gasteiger partial charge in [0.05, 0.1) is 32.6 Å². The van der Waals surface area contributed by atoms with Crippen LogP contribution < -0.4 is 14.2 Å². The van der Waals surface area contributed by atoms with Crippen molar-refractivity contribution in [2.75, 3.05) is 20.8 Å². The monoisotopic (exact) mass is 574 g/mol. The van der Waals surface area contributed by atoms with E-state index < -0.39 is 24.1 Å². The molecule has 1 amide bonds. The predicted octanol–water partition coefficient (Wildman–Crippen LogP) is 7.04. The topological polar surface area (TPSA) is 100 Å². The number of methoxy groups -OCH3 is 2. The maximum atomic E-state index is 13.2. The minimum Gasteiger partial charge on any atom is -0.497 e. The van der Waals surface area contributed by atoms with Crippen LogP contribution in [-0.2, 0) is 16.0 Å². The summed E-state index contributed by atoms with van der Waals surface area (Å²) in [5, 5.41) is 0. The van der Waals surface area contributed by atoms with Crippen LogP contribution in [0.25, 0.3) is 11.5 Å². The van der Waals surface area contributed by atoms with Gasteiger partial charge in [-0.25, -0.2) is 14.6 Å². The fourth-order valence-corrected chi connectivity index (χ4v) is 4.37. The van der Waals surface area contributed by atoms with Crippen LogP contribution in [0.4, 0.5) is 4.79 Å². The first kappa shape index (κ1) is 31.7. The summed E-state index contributed by atoms with van der Waals surface area (Å²) in [7, 11) is 2.84. The van der Waals surface area contributed by atoms with Gasteiger partial charge in [-0.15, -0.1) is 0 Å². The van der Waals surface area contributed by atoms with Gasteiger partial charge < -0.3 is 23.4 Å². The number of aromatic nitrogens is 1. The van der Waals surface area contributed by atoms with Gasteiger partial charge in [0.15, 0.2) is 0 Å². The fraction of sp³-hybridized carbons (Fsp3) is 0.303. The number of benzene rings is 3. The summed E-state index contributed by atoms with van der Waals surface area (Å²) in [6, 6.07) is 22.3. The van der Waals surface area contributed by atoms with Crippen molar-refractivity contribution in [3.63, 3.8) is 0 Å². The molecule has 0 radical (unpaired) electrons. The first-order chi connectivity index (χ1) is 19.8. The van der Waals surface area contributed by atoms with Gasteiger partial charge in [-0.2, -0.15) is 0 Å². The molecule has 0 saturated carbocycles. The molecule has 9 nitrogen and oxygen atoms in total. The Kier molecular flexibility index (Phi) is 11.1. The summed E-state index contributed by atoms with van der Waals surface area (Å²) in [6.45, 7) is 5.73. The number of hydrogen-bond acceptors (Lipinski definition) is 8. The second-order valence-electron chi connectivity index (χ2n) is 9.38. The Morgan fingerprint density at radius 1 is 0.881 bits per heavy atom. The van der Waals surface area contributed by atoms with Crippen molar-refractivity contribution in [1.82, 2.24) is 9.88 Å². The first-order valence-electron chi connectivity index (χ1n) is 13.3. The molecule has 0 spiro atoms. The van der Waals surface area contributed by atoms with Gasteiger partial charge in [-0.05, 0) is 74.9 Å². The van der Waals surface area contributed by atoms with Crippen molar-refractivity contribution in [3.8, 4) is 28.7 Å². The van der Waals surface area contributed by atoms with Crippen LogP contribution >= 0.6 is 0 Å². The molecule has 4 aromatic rings. The van der Waals surface area contributed by atoms with E-state index in [9.17, 15) is 9.59 Å². The Morgan fingerprint density at radius 2 is 1.50 bits per heavy atom. The molecule has 0 aliphatic heterocycles. The number of nitrogens with zero attached hydrogens (tertiary/aromatic N) is 2. The van der Waals surface area contributed by atoms with E-state index in [1.807, 2.05) is 68.4 Å². The highest BCUT2D eigenvalue weighted by Crippen LogP contribution is 2.28. The van der Waals surface area contributed by atoms with Gasteiger partial charge in [0.1, 0.15) is 29.1 Å². The summed E-state index contributed by atoms with van der Waals surface area (Å²) >= 11 is 0. The number of carbonyl (C=O) groups excluding carboxylic acids is 2. The second kappa shape index (κ2) is 14.7. The lowest BCUT2D eigenvalue weighted by Crippen LogP contribution is -2.46. The Bertz CT molecular complexity index is 1430. The third-order valence-electron chi connectivity index (χ3n) is 6.74. The molecule has 0 unspecified atom stereocenters. The number of amides is 1. The van der Waals surface area contributed by atoms with Crippen LogP contribution in [-0.4, -0.2) is 48.8 Å². The zero-order valence-electron chi connectivity index (χ0n) is 23.8. The van der Waals surface area contributed by atoms with Crippen LogP contribution in [0.15, 0.2) is 83.3 Å². The Balaban J connectivity index is 0.00000484. The van der Waals surface area contributed by atoms with E-state index in [0.29, 0.717) is 36.2 Å². The molecule has 0 aliphatic carbocycles. The van der Waals surface area contributed by atoms with E-state index in [4.69, 9.17) is 23.4 Å². The smallest absolute Gasteiger partial charge is 0.416 e. The van der Waals surface area contributed by atoms with E-state index in [1.54, 1.807) is 38.3 Å². The van der Waals surface area contributed by atoms with Crippen molar-refractivity contribution >= 4 is 12.1 Å². The van der Waals surface area contributed by atoms with E-state index in [0.717, 1.165) is 22.6 Å². The molecular formula is C33H38N2O7. The SMILES string of the molecule is C.COC(=O)[C@H](C)N(C(=O)Oc1ccc(OC)cc1)[C@H](C)c1ccc(OCCc2nc(-c3ccccc3)oc2C)cc1. The normalized spacial score (nSPS) is 11.9. The Hall–Kier alpha value is -4.79. The molecule has 4 rings (SSSR count). The van der Waals surface area contributed by atoms with Crippen LogP contribution in [0.1, 0.15) is 44.3 Å². The largest absolute Gasteiger partial charge is 0.497 e. The van der Waals surface area contributed by atoms with Crippen LogP contribution in [0.3, 0.4) is 0 Å². The molecule has 222 valence electrons. The van der Waals surface area contributed by atoms with Gasteiger partial charge in [-0.1, -0.05) is 37.8 Å². The van der Waals surface area contributed by atoms with E-state index in [1.165, 1.54) is 12.0 Å². The average molecular weight is 575 g/mol. The van der Waals surface area contributed by atoms with Gasteiger partial charge in [0, 0.05) is 12.0 Å². The van der Waals surface area contributed by atoms with Crippen molar-refractivity contribution < 1.29 is 33.0 Å². The van der Waals surface area contributed by atoms with E-state index in [2.05, 4.69) is 4.98 Å². The number of esters is 1. The summed E-state index contributed by atoms with van der Waals surface area (Å²) in [5.74, 6) is 2.42. The number of aryl methyl sites for hydroxylation is 1. The molecule has 0 bridgehead atoms. The van der Waals surface area contributed by atoms with Gasteiger partial charge in [-0.3, -0.25) is 4.90 Å². The van der Waals surface area contributed by atoms with Crippen molar-refractivity contribution in [3.05, 3.63) is 95.9 Å². The standard InChI is InChI=1S/C32H34N2O7.CH4/c1-21(34(22(2)31(35)38-5)32(36)41-28-17-15-26(37-4)16-18-28)24-11-13-27(14-12-24)39-20-19-29-23(3)40-30(33-29)25-9-7-6-8-10-25;/h6-18,21-22H,19-20H2,1-5H3;1H4/t21-,22+;/m1./s1. The number of oxazole rings is 1. The molecule has 2 atom stereocenters. The van der Waals surface area contributed by atoms with E-state index in [-0.39, 0.29) is 7.43 Å². The molecule has 0 fully saturated rings. The third kappa shape index (κ3) is 7.69. The lowest BCUT2D eigenvalue weighted by molar-refractivity contribution is -0.146. The summed E-state index contributed by atoms with van der Waals surface area (Å²) in [4.78, 5) is 31.6. The third-order valence-corrected chi connectivity index (χ3v) is 6.74. The zero-order chi connectivity index (χ0) is 29.4. The summed E-state index contributed by atoms with van der Waals surface area (Å²) < 4.78 is 27.4. The number of rotatable bonds is 11. The van der Waals surface area contributed by atoms with Crippen LogP contribution in [0, 0.1) is 6.92 Å². The first-order valence-corrected chi connectivity index (χ1v) is 13.3. The Morgan fingerprint density at radius 3 is 2.12 bits per heavy atom. The van der Waals surface area contributed by atoms with Crippen molar-refractivity contribution in [1.29, 1.82) is 0 Å². The van der Waals surface area contributed by atoms with Gasteiger partial charge in [0.2, 0.25) is 5.89 Å². The molecule has 42 heavy (non-hydrogen) atoms. The second-order valence-corrected chi connectivity index (χ2v) is 9.38. The number of ether oxygens (including phenoxy) is 4. The fourth-order valence-electron chi connectivity index (χ4n) is 4.37. The molecular weight excluding hydrogens is 536 g/mol. The van der Waals surface area contributed by atoms with Gasteiger partial charge in [0.25, 0.3) is 0 Å². The number of hydrogen-bond donors (Lipinski definition) is 0. The minimum atomic E-state index is -0.886. The Labute approximate surface area is 247 Å². The molecule has 0 N–H and O–H groups in total. The quantitative estimate of drug-likeness (QED) is 0.176. The van der Waals surface area contributed by atoms with Crippen molar-refractivity contribution in [2.24, 2.45) is 0 Å². The summed E-state index contributed by atoms with van der Waals surface area (Å²) in [5.41, 5.74) is 2.56. The van der Waals surface area contributed by atoms with Crippen molar-refractivity contribution in [2.45, 2.75) is 46.7 Å². The van der Waals surface area contributed by atoms with Crippen LogP contribution in [0.2, 0.25) is 0 Å². The highest BCUT2D eigenvalue weighted by Gasteiger charge is 2.33. The molecule has 1 aromatic heterocycles. The number of carbonyl (C=O) groups is 2. The molecule has 9 heteroatoms. The highest BCUT2D eigenvalue weighted by molar-refractivity contribution is 5.82. The highest BCUT2D eigenvalue weighted by atomic mass is 16.6. The summed E-state index contributed by atoms with van der Waals surface area (Å²) in [6.07, 6.45) is -0.0965. The van der Waals surface area contributed by atoms with Gasteiger partial charge >= 0.3 is 12.1 Å². The molecule has 0 aliphatic rings. The molecule has 0 saturated heterocycles. The lowest BCUT2D eigenvalue weighted by atomic mass is 10.1. The minimum absolute atomic E-state index is 0. The molecule has 1 heterocycles. The van der Waals surface area contributed by atoms with E-state index >= 15 is 0 Å². The maximum Gasteiger partial charge on any atom is 0.416 e. The molecule has 3 aromatic carbocycles. The average Bonchev–Trinajstić information content (AvgIpc) is 3.38. The predicted molar refractivity (Wildman–Crippen MR) is 160 cm³/mol.